The van der Waals surface area contributed by atoms with Crippen molar-refractivity contribution >= 4 is 31.9 Å². The van der Waals surface area contributed by atoms with E-state index in [0.717, 1.165) is 15.4 Å². The average molecular weight is 322 g/mol. The molecule has 0 aliphatic rings. The van der Waals surface area contributed by atoms with Gasteiger partial charge in [-0.25, -0.2) is 0 Å². The molecule has 4 N–H and O–H groups in total. The molecule has 78 valence electrons. The molecule has 0 amide bonds. The predicted molar refractivity (Wildman–Crippen MR) is 67.1 cm³/mol. The molecule has 0 aromatic heterocycles. The molecule has 14 heavy (non-hydrogen) atoms. The van der Waals surface area contributed by atoms with Crippen LogP contribution in [0.25, 0.3) is 0 Å². The van der Waals surface area contributed by atoms with Crippen molar-refractivity contribution in [3.05, 3.63) is 32.7 Å². The van der Waals surface area contributed by atoms with Crippen molar-refractivity contribution in [1.82, 2.24) is 0 Å². The largest absolute Gasteiger partial charge is 0.330 e. The minimum Gasteiger partial charge on any atom is -0.330 e. The van der Waals surface area contributed by atoms with Crippen LogP contribution in [0.5, 0.6) is 0 Å². The van der Waals surface area contributed by atoms with Crippen LogP contribution in [0.1, 0.15) is 5.56 Å². The number of rotatable bonds is 4. The third-order valence-electron chi connectivity index (χ3n) is 2.18. The molecule has 0 bridgehead atoms. The molecule has 2 nitrogen and oxygen atoms in total. The van der Waals surface area contributed by atoms with Crippen LogP contribution < -0.4 is 11.5 Å². The van der Waals surface area contributed by atoms with E-state index in [2.05, 4.69) is 37.9 Å². The van der Waals surface area contributed by atoms with E-state index in [-0.39, 0.29) is 0 Å². The Bertz CT molecular complexity index is 298. The Labute approximate surface area is 101 Å². The summed E-state index contributed by atoms with van der Waals surface area (Å²) in [5.41, 5.74) is 12.5. The second-order valence-corrected chi connectivity index (χ2v) is 5.05. The maximum absolute atomic E-state index is 5.61. The quantitative estimate of drug-likeness (QED) is 0.894. The third-order valence-corrected chi connectivity index (χ3v) is 3.45. The number of nitrogens with two attached hydrogens (primary N) is 2. The smallest absolute Gasteiger partial charge is 0.0208 e. The molecule has 0 aliphatic heterocycles. The Hall–Kier alpha value is 0.1000. The zero-order valence-corrected chi connectivity index (χ0v) is 11.0. The molecule has 0 saturated carbocycles. The van der Waals surface area contributed by atoms with Gasteiger partial charge in [0.2, 0.25) is 0 Å². The molecule has 1 aromatic rings. The number of hydrogen-bond acceptors (Lipinski definition) is 2. The highest BCUT2D eigenvalue weighted by molar-refractivity contribution is 9.11. The summed E-state index contributed by atoms with van der Waals surface area (Å²) in [5.74, 6) is 0.362. The van der Waals surface area contributed by atoms with Crippen LogP contribution in [0.2, 0.25) is 0 Å². The van der Waals surface area contributed by atoms with Crippen LogP contribution in [0.3, 0.4) is 0 Å². The van der Waals surface area contributed by atoms with Crippen molar-refractivity contribution < 1.29 is 0 Å². The zero-order chi connectivity index (χ0) is 10.6. The van der Waals surface area contributed by atoms with Gasteiger partial charge < -0.3 is 11.5 Å². The van der Waals surface area contributed by atoms with Gasteiger partial charge >= 0.3 is 0 Å². The number of hydrogen-bond donors (Lipinski definition) is 2. The van der Waals surface area contributed by atoms with Gasteiger partial charge in [-0.2, -0.15) is 0 Å². The summed E-state index contributed by atoms with van der Waals surface area (Å²) in [7, 11) is 0. The van der Waals surface area contributed by atoms with Crippen molar-refractivity contribution in [2.24, 2.45) is 17.4 Å². The van der Waals surface area contributed by atoms with Crippen LogP contribution in [0.4, 0.5) is 0 Å². The molecule has 0 fully saturated rings. The first-order valence-electron chi connectivity index (χ1n) is 4.51. The van der Waals surface area contributed by atoms with Gasteiger partial charge in [-0.1, -0.05) is 31.9 Å². The lowest BCUT2D eigenvalue weighted by Gasteiger charge is -2.13. The van der Waals surface area contributed by atoms with Crippen molar-refractivity contribution in [2.45, 2.75) is 6.42 Å². The summed E-state index contributed by atoms with van der Waals surface area (Å²) in [5, 5.41) is 0. The third kappa shape index (κ3) is 3.35. The van der Waals surface area contributed by atoms with Gasteiger partial charge in [0.25, 0.3) is 0 Å². The van der Waals surface area contributed by atoms with Crippen molar-refractivity contribution in [3.63, 3.8) is 0 Å². The molecule has 0 spiro atoms. The Morgan fingerprint density at radius 2 is 1.79 bits per heavy atom. The molecule has 0 radical (unpaired) electrons. The van der Waals surface area contributed by atoms with Crippen LogP contribution in [0, 0.1) is 5.92 Å². The molecule has 0 unspecified atom stereocenters. The zero-order valence-electron chi connectivity index (χ0n) is 7.84. The highest BCUT2D eigenvalue weighted by Gasteiger charge is 2.08. The van der Waals surface area contributed by atoms with Crippen LogP contribution in [-0.2, 0) is 6.42 Å². The van der Waals surface area contributed by atoms with Crippen LogP contribution >= 0.6 is 31.9 Å². The molecule has 4 heteroatoms. The number of benzene rings is 1. The van der Waals surface area contributed by atoms with Crippen molar-refractivity contribution in [1.29, 1.82) is 0 Å². The normalized spacial score (nSPS) is 10.9. The van der Waals surface area contributed by atoms with Gasteiger partial charge in [-0.15, -0.1) is 0 Å². The minimum absolute atomic E-state index is 0.362. The van der Waals surface area contributed by atoms with E-state index in [1.54, 1.807) is 0 Å². The van der Waals surface area contributed by atoms with E-state index in [9.17, 15) is 0 Å². The fraction of sp³-hybridized carbons (Fsp3) is 0.400. The molecule has 0 saturated heterocycles. The van der Waals surface area contributed by atoms with Gasteiger partial charge in [-0.05, 0) is 49.2 Å². The SMILES string of the molecule is NCC(CN)Cc1cc(Br)ccc1Br. The molecule has 0 atom stereocenters. The minimum atomic E-state index is 0.362. The summed E-state index contributed by atoms with van der Waals surface area (Å²) < 4.78 is 2.20. The van der Waals surface area contributed by atoms with Gasteiger partial charge in [0, 0.05) is 8.95 Å². The van der Waals surface area contributed by atoms with E-state index in [0.29, 0.717) is 19.0 Å². The summed E-state index contributed by atoms with van der Waals surface area (Å²) in [6.07, 6.45) is 0.924. The Morgan fingerprint density at radius 3 is 2.36 bits per heavy atom. The molecule has 0 heterocycles. The van der Waals surface area contributed by atoms with Gasteiger partial charge in [0.15, 0.2) is 0 Å². The average Bonchev–Trinajstić information content (AvgIpc) is 2.19. The summed E-state index contributed by atoms with van der Waals surface area (Å²) in [6.45, 7) is 1.27. The lowest BCUT2D eigenvalue weighted by atomic mass is 10.00. The highest BCUT2D eigenvalue weighted by atomic mass is 79.9. The first-order valence-corrected chi connectivity index (χ1v) is 6.10. The second-order valence-electron chi connectivity index (χ2n) is 3.28. The van der Waals surface area contributed by atoms with E-state index < -0.39 is 0 Å². The molecule has 1 aromatic carbocycles. The van der Waals surface area contributed by atoms with Crippen molar-refractivity contribution in [3.8, 4) is 0 Å². The standard InChI is InChI=1S/C10H14Br2N2/c11-9-1-2-10(12)8(4-9)3-7(5-13)6-14/h1-2,4,7H,3,5-6,13-14H2. The predicted octanol–water partition coefficient (Wildman–Crippen LogP) is 2.29. The first kappa shape index (κ1) is 12.2. The monoisotopic (exact) mass is 320 g/mol. The van der Waals surface area contributed by atoms with E-state index >= 15 is 0 Å². The lowest BCUT2D eigenvalue weighted by molar-refractivity contribution is 0.547. The van der Waals surface area contributed by atoms with Crippen LogP contribution in [-0.4, -0.2) is 13.1 Å². The topological polar surface area (TPSA) is 52.0 Å². The molecule has 1 rings (SSSR count). The number of halogens is 2. The summed E-state index contributed by atoms with van der Waals surface area (Å²) >= 11 is 6.96. The van der Waals surface area contributed by atoms with Crippen molar-refractivity contribution in [2.75, 3.05) is 13.1 Å². The van der Waals surface area contributed by atoms with E-state index in [4.69, 9.17) is 11.5 Å². The van der Waals surface area contributed by atoms with Crippen LogP contribution in [0.15, 0.2) is 27.1 Å². The summed E-state index contributed by atoms with van der Waals surface area (Å²) in [4.78, 5) is 0. The fourth-order valence-electron chi connectivity index (χ4n) is 1.27. The Balaban J connectivity index is 2.79. The van der Waals surface area contributed by atoms with Gasteiger partial charge in [-0.3, -0.25) is 0 Å². The van der Waals surface area contributed by atoms with E-state index in [1.165, 1.54) is 5.56 Å². The Kier molecular flexibility index (Phi) is 5.09. The maximum atomic E-state index is 5.61. The lowest BCUT2D eigenvalue weighted by Crippen LogP contribution is -2.25. The first-order chi connectivity index (χ1) is 6.67. The maximum Gasteiger partial charge on any atom is 0.0208 e. The van der Waals surface area contributed by atoms with Gasteiger partial charge in [0.05, 0.1) is 0 Å². The Morgan fingerprint density at radius 1 is 1.14 bits per heavy atom. The molecule has 0 aliphatic carbocycles. The molecular formula is C10H14Br2N2. The second kappa shape index (κ2) is 5.85. The molecular weight excluding hydrogens is 308 g/mol. The van der Waals surface area contributed by atoms with E-state index in [1.807, 2.05) is 12.1 Å². The van der Waals surface area contributed by atoms with Gasteiger partial charge in [0.1, 0.15) is 0 Å². The highest BCUT2D eigenvalue weighted by Crippen LogP contribution is 2.23. The summed E-state index contributed by atoms with van der Waals surface area (Å²) in [6, 6.07) is 6.14. The fourth-order valence-corrected chi connectivity index (χ4v) is 2.09.